The van der Waals surface area contributed by atoms with Crippen LogP contribution in [0.3, 0.4) is 0 Å². The quantitative estimate of drug-likeness (QED) is 0.744. The summed E-state index contributed by atoms with van der Waals surface area (Å²) in [7, 11) is 1.82. The number of carbonyl (C=O) groups excluding carboxylic acids is 1. The second kappa shape index (κ2) is 7.23. The average Bonchev–Trinajstić information content (AvgIpc) is 3.05. The Morgan fingerprint density at radius 3 is 2.88 bits per heavy atom. The molecule has 0 saturated carbocycles. The zero-order valence-electron chi connectivity index (χ0n) is 13.5. The van der Waals surface area contributed by atoms with Crippen LogP contribution in [0.4, 0.5) is 10.9 Å². The van der Waals surface area contributed by atoms with Crippen molar-refractivity contribution in [2.24, 2.45) is 0 Å². The highest BCUT2D eigenvalue weighted by Crippen LogP contribution is 2.26. The first-order valence-electron chi connectivity index (χ1n) is 7.60. The van der Waals surface area contributed by atoms with Gasteiger partial charge in [-0.3, -0.25) is 4.79 Å². The molecule has 3 rings (SSSR count). The van der Waals surface area contributed by atoms with Crippen LogP contribution in [-0.2, 0) is 11.2 Å². The number of thiazole rings is 1. The number of nitrogens with zero attached hydrogens (tertiary/aromatic N) is 2. The molecule has 0 fully saturated rings. The second-order valence-electron chi connectivity index (χ2n) is 5.37. The van der Waals surface area contributed by atoms with E-state index in [-0.39, 0.29) is 5.91 Å². The molecule has 0 atom stereocenters. The molecule has 3 aromatic rings. The van der Waals surface area contributed by atoms with Crippen molar-refractivity contribution in [1.82, 2.24) is 9.97 Å². The first-order chi connectivity index (χ1) is 11.7. The number of carbonyl (C=O) groups is 1. The van der Waals surface area contributed by atoms with E-state index in [0.29, 0.717) is 11.6 Å². The number of aryl methyl sites for hydroxylation is 1. The zero-order valence-corrected chi connectivity index (χ0v) is 14.4. The van der Waals surface area contributed by atoms with Gasteiger partial charge in [0.05, 0.1) is 12.1 Å². The van der Waals surface area contributed by atoms with Crippen molar-refractivity contribution in [1.29, 1.82) is 0 Å². The Labute approximate surface area is 144 Å². The lowest BCUT2D eigenvalue weighted by atomic mass is 10.1. The summed E-state index contributed by atoms with van der Waals surface area (Å²) >= 11 is 1.42. The van der Waals surface area contributed by atoms with E-state index < -0.39 is 0 Å². The van der Waals surface area contributed by atoms with Crippen LogP contribution >= 0.6 is 11.3 Å². The van der Waals surface area contributed by atoms with Crippen molar-refractivity contribution < 1.29 is 4.79 Å². The smallest absolute Gasteiger partial charge is 0.230 e. The molecule has 0 saturated heterocycles. The number of rotatable bonds is 5. The fourth-order valence-corrected chi connectivity index (χ4v) is 3.07. The molecule has 0 radical (unpaired) electrons. The van der Waals surface area contributed by atoms with Gasteiger partial charge in [0.25, 0.3) is 0 Å². The van der Waals surface area contributed by atoms with Crippen molar-refractivity contribution in [2.75, 3.05) is 17.7 Å². The highest BCUT2D eigenvalue weighted by Gasteiger charge is 2.10. The molecule has 5 nitrogen and oxygen atoms in total. The predicted octanol–water partition coefficient (Wildman–Crippen LogP) is 3.74. The third-order valence-corrected chi connectivity index (χ3v) is 4.43. The minimum atomic E-state index is -0.0594. The van der Waals surface area contributed by atoms with Gasteiger partial charge in [-0.25, -0.2) is 9.97 Å². The fraction of sp³-hybridized carbons (Fsp3) is 0.167. The Kier molecular flexibility index (Phi) is 4.86. The van der Waals surface area contributed by atoms with Crippen LogP contribution in [0.2, 0.25) is 0 Å². The van der Waals surface area contributed by atoms with Crippen LogP contribution < -0.4 is 10.6 Å². The molecule has 1 amide bonds. The molecular weight excluding hydrogens is 320 g/mol. The van der Waals surface area contributed by atoms with E-state index in [4.69, 9.17) is 0 Å². The van der Waals surface area contributed by atoms with E-state index in [0.717, 1.165) is 28.2 Å². The van der Waals surface area contributed by atoms with Crippen LogP contribution in [0, 0.1) is 6.92 Å². The maximum Gasteiger partial charge on any atom is 0.230 e. The van der Waals surface area contributed by atoms with Crippen molar-refractivity contribution in [3.63, 3.8) is 0 Å². The van der Waals surface area contributed by atoms with Crippen molar-refractivity contribution in [3.8, 4) is 11.3 Å². The number of amides is 1. The third-order valence-electron chi connectivity index (χ3n) is 3.67. The molecule has 24 heavy (non-hydrogen) atoms. The number of hydrogen-bond donors (Lipinski definition) is 2. The van der Waals surface area contributed by atoms with Crippen molar-refractivity contribution in [3.05, 3.63) is 59.1 Å². The first-order valence-corrected chi connectivity index (χ1v) is 8.48. The lowest BCUT2D eigenvalue weighted by Gasteiger charge is -2.05. The Balaban J connectivity index is 1.69. The van der Waals surface area contributed by atoms with Gasteiger partial charge in [-0.1, -0.05) is 24.3 Å². The molecule has 0 aliphatic rings. The van der Waals surface area contributed by atoms with Gasteiger partial charge < -0.3 is 10.6 Å². The second-order valence-corrected chi connectivity index (χ2v) is 6.23. The molecule has 0 spiro atoms. The molecule has 0 unspecified atom stereocenters. The van der Waals surface area contributed by atoms with Gasteiger partial charge in [0.2, 0.25) is 5.91 Å². The van der Waals surface area contributed by atoms with Crippen LogP contribution in [-0.4, -0.2) is 22.9 Å². The lowest BCUT2D eigenvalue weighted by molar-refractivity contribution is -0.115. The van der Waals surface area contributed by atoms with Gasteiger partial charge in [0, 0.05) is 24.2 Å². The number of aromatic nitrogens is 2. The normalized spacial score (nSPS) is 10.4. The van der Waals surface area contributed by atoms with Crippen molar-refractivity contribution in [2.45, 2.75) is 13.3 Å². The molecule has 2 N–H and O–H groups in total. The number of nitrogens with one attached hydrogen (secondary N) is 2. The largest absolute Gasteiger partial charge is 0.373 e. The molecule has 2 aromatic heterocycles. The summed E-state index contributed by atoms with van der Waals surface area (Å²) < 4.78 is 0. The zero-order chi connectivity index (χ0) is 16.9. The number of pyridine rings is 1. The van der Waals surface area contributed by atoms with Gasteiger partial charge in [-0.15, -0.1) is 11.3 Å². The van der Waals surface area contributed by atoms with E-state index in [1.807, 2.05) is 55.7 Å². The molecule has 0 aliphatic heterocycles. The van der Waals surface area contributed by atoms with E-state index in [9.17, 15) is 4.79 Å². The maximum atomic E-state index is 12.2. The first kappa shape index (κ1) is 16.1. The Bertz CT molecular complexity index is 859. The minimum Gasteiger partial charge on any atom is -0.373 e. The van der Waals surface area contributed by atoms with Gasteiger partial charge in [0.15, 0.2) is 5.13 Å². The Hall–Kier alpha value is -2.73. The van der Waals surface area contributed by atoms with Gasteiger partial charge in [-0.2, -0.15) is 0 Å². The fourth-order valence-electron chi connectivity index (χ4n) is 2.34. The van der Waals surface area contributed by atoms with Gasteiger partial charge >= 0.3 is 0 Å². The van der Waals surface area contributed by atoms with E-state index in [1.54, 1.807) is 6.20 Å². The summed E-state index contributed by atoms with van der Waals surface area (Å²) in [4.78, 5) is 20.9. The molecule has 1 aromatic carbocycles. The highest BCUT2D eigenvalue weighted by molar-refractivity contribution is 7.14. The highest BCUT2D eigenvalue weighted by atomic mass is 32.1. The van der Waals surface area contributed by atoms with Crippen LogP contribution in [0.1, 0.15) is 11.1 Å². The molecule has 122 valence electrons. The van der Waals surface area contributed by atoms with Gasteiger partial charge in [0.1, 0.15) is 5.82 Å². The van der Waals surface area contributed by atoms with Crippen LogP contribution in [0.5, 0.6) is 0 Å². The van der Waals surface area contributed by atoms with E-state index >= 15 is 0 Å². The van der Waals surface area contributed by atoms with E-state index in [2.05, 4.69) is 20.6 Å². The molecule has 0 aliphatic carbocycles. The number of hydrogen-bond acceptors (Lipinski definition) is 5. The summed E-state index contributed by atoms with van der Waals surface area (Å²) in [6, 6.07) is 11.7. The predicted molar refractivity (Wildman–Crippen MR) is 98.4 cm³/mol. The average molecular weight is 338 g/mol. The minimum absolute atomic E-state index is 0.0594. The summed E-state index contributed by atoms with van der Waals surface area (Å²) in [6.45, 7) is 2.01. The summed E-state index contributed by atoms with van der Waals surface area (Å²) in [5.74, 6) is 0.724. The van der Waals surface area contributed by atoms with E-state index in [1.165, 1.54) is 11.3 Å². The molecule has 0 bridgehead atoms. The van der Waals surface area contributed by atoms with Crippen LogP contribution in [0.15, 0.2) is 48.0 Å². The summed E-state index contributed by atoms with van der Waals surface area (Å²) in [6.07, 6.45) is 2.08. The number of benzene rings is 1. The van der Waals surface area contributed by atoms with Gasteiger partial charge in [-0.05, 0) is 30.2 Å². The molecule has 6 heteroatoms. The number of anilines is 2. The lowest BCUT2D eigenvalue weighted by Crippen LogP contribution is -2.14. The molecular formula is C18H18N4OS. The Morgan fingerprint density at radius 2 is 2.08 bits per heavy atom. The SMILES string of the molecule is CNc1cc(-c2csc(NC(=O)Cc3ccccc3C)n2)ccn1. The topological polar surface area (TPSA) is 66.9 Å². The summed E-state index contributed by atoms with van der Waals surface area (Å²) in [5.41, 5.74) is 3.93. The van der Waals surface area contributed by atoms with Crippen LogP contribution in [0.25, 0.3) is 11.3 Å². The monoisotopic (exact) mass is 338 g/mol. The molecule has 2 heterocycles. The third kappa shape index (κ3) is 3.78. The van der Waals surface area contributed by atoms with Crippen molar-refractivity contribution >= 4 is 28.2 Å². The maximum absolute atomic E-state index is 12.2. The Morgan fingerprint density at radius 1 is 1.25 bits per heavy atom. The summed E-state index contributed by atoms with van der Waals surface area (Å²) in [5, 5.41) is 8.41. The standard InChI is InChI=1S/C18H18N4OS/c1-12-5-3-4-6-13(12)10-17(23)22-18-21-15(11-24-18)14-7-8-20-16(9-14)19-2/h3-9,11H,10H2,1-2H3,(H,19,20)(H,21,22,23).